The lowest BCUT2D eigenvalue weighted by Gasteiger charge is -2.23. The first-order valence-corrected chi connectivity index (χ1v) is 12.0. The van der Waals surface area contributed by atoms with Crippen molar-refractivity contribution in [2.75, 3.05) is 37.3 Å². The van der Waals surface area contributed by atoms with Crippen LogP contribution in [0.15, 0.2) is 42.5 Å². The zero-order chi connectivity index (χ0) is 24.5. The van der Waals surface area contributed by atoms with Crippen LogP contribution >= 0.6 is 0 Å². The minimum Gasteiger partial charge on any atom is -0.497 e. The molecule has 0 amide bonds. The molecule has 35 heavy (non-hydrogen) atoms. The number of anilines is 3. The van der Waals surface area contributed by atoms with Crippen molar-refractivity contribution in [3.63, 3.8) is 0 Å². The maximum atomic E-state index is 5.42. The van der Waals surface area contributed by atoms with Gasteiger partial charge in [0, 0.05) is 19.1 Å². The molecule has 0 saturated heterocycles. The minimum atomic E-state index is 0.388. The summed E-state index contributed by atoms with van der Waals surface area (Å²) in [5, 5.41) is 10.2. The zero-order valence-electron chi connectivity index (χ0n) is 20.6. The number of rotatable bonds is 11. The van der Waals surface area contributed by atoms with Gasteiger partial charge in [-0.2, -0.15) is 15.0 Å². The molecule has 3 N–H and O–H groups in total. The minimum absolute atomic E-state index is 0.388. The van der Waals surface area contributed by atoms with E-state index in [1.165, 1.54) is 19.3 Å². The fourth-order valence-electron chi connectivity index (χ4n) is 4.12. The molecule has 9 nitrogen and oxygen atoms in total. The second kappa shape index (κ2) is 12.1. The van der Waals surface area contributed by atoms with Gasteiger partial charge in [0.25, 0.3) is 0 Å². The van der Waals surface area contributed by atoms with Crippen LogP contribution in [0.2, 0.25) is 0 Å². The first kappa shape index (κ1) is 24.4. The lowest BCUT2D eigenvalue weighted by atomic mass is 9.96. The molecular weight excluding hydrogens is 444 g/mol. The van der Waals surface area contributed by atoms with Gasteiger partial charge in [0.1, 0.15) is 5.75 Å². The van der Waals surface area contributed by atoms with Gasteiger partial charge in [-0.05, 0) is 48.2 Å². The molecule has 1 saturated carbocycles. The lowest BCUT2D eigenvalue weighted by molar-refractivity contribution is 0.354. The standard InChI is InChI=1S/C26H34N6O3/c1-33-21-12-9-18(10-13-21)16-27-24-30-25(32-26(31-24)29-20-7-5-4-6-8-20)28-17-19-11-14-22(34-2)23(15-19)35-3/h9-15,20H,4-8,16-17H2,1-3H3,(H3,27,28,29,30,31,32). The predicted molar refractivity (Wildman–Crippen MR) is 138 cm³/mol. The molecule has 3 aromatic rings. The Balaban J connectivity index is 1.48. The Morgan fingerprint density at radius 1 is 0.686 bits per heavy atom. The summed E-state index contributed by atoms with van der Waals surface area (Å²) in [4.78, 5) is 13.9. The molecule has 0 aliphatic heterocycles. The second-order valence-electron chi connectivity index (χ2n) is 8.53. The first-order valence-electron chi connectivity index (χ1n) is 12.0. The van der Waals surface area contributed by atoms with Crippen LogP contribution < -0.4 is 30.2 Å². The number of benzene rings is 2. The monoisotopic (exact) mass is 478 g/mol. The molecule has 1 aliphatic carbocycles. The van der Waals surface area contributed by atoms with Gasteiger partial charge in [0.2, 0.25) is 17.8 Å². The van der Waals surface area contributed by atoms with Crippen LogP contribution in [0.4, 0.5) is 17.8 Å². The van der Waals surface area contributed by atoms with E-state index >= 15 is 0 Å². The molecular formula is C26H34N6O3. The quantitative estimate of drug-likeness (QED) is 0.356. The second-order valence-corrected chi connectivity index (χ2v) is 8.53. The highest BCUT2D eigenvalue weighted by molar-refractivity contribution is 5.46. The van der Waals surface area contributed by atoms with Gasteiger partial charge in [-0.15, -0.1) is 0 Å². The lowest BCUT2D eigenvalue weighted by Crippen LogP contribution is -2.24. The van der Waals surface area contributed by atoms with E-state index in [1.54, 1.807) is 21.3 Å². The topological polar surface area (TPSA) is 102 Å². The molecule has 1 aliphatic rings. The molecule has 1 fully saturated rings. The van der Waals surface area contributed by atoms with Crippen LogP contribution in [0.25, 0.3) is 0 Å². The maximum Gasteiger partial charge on any atom is 0.229 e. The van der Waals surface area contributed by atoms with Crippen molar-refractivity contribution >= 4 is 17.8 Å². The molecule has 9 heteroatoms. The van der Waals surface area contributed by atoms with Crippen LogP contribution in [0.5, 0.6) is 17.2 Å². The van der Waals surface area contributed by atoms with Gasteiger partial charge in [-0.25, -0.2) is 0 Å². The average molecular weight is 479 g/mol. The van der Waals surface area contributed by atoms with Crippen molar-refractivity contribution in [1.29, 1.82) is 0 Å². The summed E-state index contributed by atoms with van der Waals surface area (Å²) in [7, 11) is 4.92. The summed E-state index contributed by atoms with van der Waals surface area (Å²) < 4.78 is 16.0. The largest absolute Gasteiger partial charge is 0.497 e. The Labute approximate surface area is 206 Å². The summed E-state index contributed by atoms with van der Waals surface area (Å²) in [5.41, 5.74) is 2.13. The van der Waals surface area contributed by atoms with Gasteiger partial charge >= 0.3 is 0 Å². The number of hydrogen-bond acceptors (Lipinski definition) is 9. The smallest absolute Gasteiger partial charge is 0.229 e. The van der Waals surface area contributed by atoms with E-state index in [0.717, 1.165) is 29.7 Å². The van der Waals surface area contributed by atoms with Crippen molar-refractivity contribution < 1.29 is 14.2 Å². The summed E-state index contributed by atoms with van der Waals surface area (Å²) in [5.74, 6) is 3.81. The van der Waals surface area contributed by atoms with E-state index < -0.39 is 0 Å². The summed E-state index contributed by atoms with van der Waals surface area (Å²) in [6.45, 7) is 1.12. The van der Waals surface area contributed by atoms with Crippen molar-refractivity contribution in [3.05, 3.63) is 53.6 Å². The Morgan fingerprint density at radius 3 is 1.91 bits per heavy atom. The molecule has 0 radical (unpaired) electrons. The first-order chi connectivity index (χ1) is 17.2. The van der Waals surface area contributed by atoms with Crippen molar-refractivity contribution in [2.24, 2.45) is 0 Å². The van der Waals surface area contributed by atoms with E-state index in [2.05, 4.69) is 30.9 Å². The maximum absolute atomic E-state index is 5.42. The van der Waals surface area contributed by atoms with Gasteiger partial charge in [-0.1, -0.05) is 37.5 Å². The van der Waals surface area contributed by atoms with Crippen LogP contribution in [-0.2, 0) is 13.1 Å². The number of methoxy groups -OCH3 is 3. The molecule has 1 heterocycles. The van der Waals surface area contributed by atoms with Gasteiger partial charge in [0.15, 0.2) is 11.5 Å². The van der Waals surface area contributed by atoms with E-state index in [0.29, 0.717) is 48.5 Å². The van der Waals surface area contributed by atoms with Gasteiger partial charge in [-0.3, -0.25) is 0 Å². The van der Waals surface area contributed by atoms with E-state index in [1.807, 2.05) is 42.5 Å². The highest BCUT2D eigenvalue weighted by Crippen LogP contribution is 2.28. The Morgan fingerprint density at radius 2 is 1.29 bits per heavy atom. The van der Waals surface area contributed by atoms with Crippen molar-refractivity contribution in [1.82, 2.24) is 15.0 Å². The molecule has 0 atom stereocenters. The normalized spacial score (nSPS) is 13.7. The predicted octanol–water partition coefficient (Wildman–Crippen LogP) is 4.87. The average Bonchev–Trinajstić information content (AvgIpc) is 2.91. The number of ether oxygens (including phenoxy) is 3. The van der Waals surface area contributed by atoms with Crippen LogP contribution in [0.1, 0.15) is 43.2 Å². The summed E-state index contributed by atoms with van der Waals surface area (Å²) in [6, 6.07) is 14.1. The summed E-state index contributed by atoms with van der Waals surface area (Å²) >= 11 is 0. The third kappa shape index (κ3) is 6.88. The molecule has 0 unspecified atom stereocenters. The Bertz CT molecular complexity index is 1090. The highest BCUT2D eigenvalue weighted by Gasteiger charge is 2.16. The van der Waals surface area contributed by atoms with Crippen molar-refractivity contribution in [2.45, 2.75) is 51.2 Å². The molecule has 0 spiro atoms. The zero-order valence-corrected chi connectivity index (χ0v) is 20.6. The van der Waals surface area contributed by atoms with E-state index in [4.69, 9.17) is 14.2 Å². The molecule has 1 aromatic heterocycles. The van der Waals surface area contributed by atoms with Gasteiger partial charge < -0.3 is 30.2 Å². The fraction of sp³-hybridized carbons (Fsp3) is 0.423. The third-order valence-corrected chi connectivity index (χ3v) is 6.08. The van der Waals surface area contributed by atoms with Crippen LogP contribution in [0, 0.1) is 0 Å². The molecule has 0 bridgehead atoms. The highest BCUT2D eigenvalue weighted by atomic mass is 16.5. The van der Waals surface area contributed by atoms with E-state index in [-0.39, 0.29) is 0 Å². The number of nitrogens with one attached hydrogen (secondary N) is 3. The number of aromatic nitrogens is 3. The third-order valence-electron chi connectivity index (χ3n) is 6.08. The molecule has 4 rings (SSSR count). The molecule has 186 valence electrons. The van der Waals surface area contributed by atoms with Gasteiger partial charge in [0.05, 0.1) is 21.3 Å². The Hall–Kier alpha value is -3.75. The van der Waals surface area contributed by atoms with E-state index in [9.17, 15) is 0 Å². The van der Waals surface area contributed by atoms with Crippen LogP contribution in [-0.4, -0.2) is 42.3 Å². The number of hydrogen-bond donors (Lipinski definition) is 3. The van der Waals surface area contributed by atoms with Crippen molar-refractivity contribution in [3.8, 4) is 17.2 Å². The SMILES string of the molecule is COc1ccc(CNc2nc(NCc3ccc(OC)c(OC)c3)nc(NC3CCCCC3)n2)cc1. The molecule has 2 aromatic carbocycles. The summed E-state index contributed by atoms with van der Waals surface area (Å²) in [6.07, 6.45) is 6.02. The fourth-order valence-corrected chi connectivity index (χ4v) is 4.12. The Kier molecular flexibility index (Phi) is 8.43. The number of nitrogens with zero attached hydrogens (tertiary/aromatic N) is 3. The van der Waals surface area contributed by atoms with Crippen LogP contribution in [0.3, 0.4) is 0 Å².